The first kappa shape index (κ1) is 9.39. The van der Waals surface area contributed by atoms with Crippen molar-refractivity contribution in [3.63, 3.8) is 0 Å². The van der Waals surface area contributed by atoms with Crippen LogP contribution >= 0.6 is 11.9 Å². The van der Waals surface area contributed by atoms with Crippen LogP contribution in [-0.4, -0.2) is 29.7 Å². The second kappa shape index (κ2) is 8.89. The van der Waals surface area contributed by atoms with E-state index in [1.165, 1.54) is 0 Å². The van der Waals surface area contributed by atoms with Crippen molar-refractivity contribution in [2.24, 2.45) is 0 Å². The molecule has 0 unspecified atom stereocenters. The van der Waals surface area contributed by atoms with Crippen LogP contribution in [0.15, 0.2) is 0 Å². The molecule has 0 amide bonds. The van der Waals surface area contributed by atoms with E-state index in [0.717, 1.165) is 0 Å². The molecule has 0 heterocycles. The van der Waals surface area contributed by atoms with E-state index in [0.29, 0.717) is 6.61 Å². The van der Waals surface area contributed by atoms with Gasteiger partial charge in [-0.1, -0.05) is 0 Å². The van der Waals surface area contributed by atoms with Crippen molar-refractivity contribution in [3.8, 4) is 0 Å². The molecule has 0 atom stereocenters. The minimum Gasteiger partial charge on any atom is -0.280 e. The van der Waals surface area contributed by atoms with Gasteiger partial charge in [0.2, 0.25) is 0 Å². The van der Waals surface area contributed by atoms with E-state index in [2.05, 4.69) is 16.2 Å². The second-order valence-corrected chi connectivity index (χ2v) is 0.616. The number of hydrogen-bond donors (Lipinski definition) is 0. The first-order valence-corrected chi connectivity index (χ1v) is 1.46. The molecular formula is C2H5ClMgO+2. The molecule has 0 bridgehead atoms. The third-order valence-electron chi connectivity index (χ3n) is 0.109. The fourth-order valence-electron chi connectivity index (χ4n) is 0. The van der Waals surface area contributed by atoms with Crippen molar-refractivity contribution in [2.75, 3.05) is 6.61 Å². The monoisotopic (exact) mass is 104 g/mol. The molecule has 0 aromatic carbocycles. The maximum Gasteiger partial charge on any atom is 2.00 e. The zero-order valence-electron chi connectivity index (χ0n) is 3.20. The molecule has 0 aliphatic rings. The molecule has 0 N–H and O–H groups in total. The Morgan fingerprint density at radius 2 is 2.00 bits per heavy atom. The van der Waals surface area contributed by atoms with Gasteiger partial charge in [-0.05, 0) is 6.92 Å². The first-order chi connectivity index (χ1) is 1.91. The van der Waals surface area contributed by atoms with E-state index in [-0.39, 0.29) is 23.1 Å². The van der Waals surface area contributed by atoms with Crippen LogP contribution in [0, 0.1) is 0 Å². The molecule has 0 radical (unpaired) electrons. The molecule has 0 saturated carbocycles. The predicted octanol–water partition coefficient (Wildman–Crippen LogP) is 0.796. The quantitative estimate of drug-likeness (QED) is 0.448. The van der Waals surface area contributed by atoms with Gasteiger partial charge in [-0.15, -0.1) is 0 Å². The molecule has 26 valence electrons. The van der Waals surface area contributed by atoms with E-state index in [1.807, 2.05) is 6.92 Å². The van der Waals surface area contributed by atoms with Crippen LogP contribution in [0.1, 0.15) is 6.92 Å². The van der Waals surface area contributed by atoms with E-state index in [1.54, 1.807) is 0 Å². The topological polar surface area (TPSA) is 9.23 Å². The van der Waals surface area contributed by atoms with Gasteiger partial charge < -0.3 is 0 Å². The summed E-state index contributed by atoms with van der Waals surface area (Å²) >= 11 is 4.69. The summed E-state index contributed by atoms with van der Waals surface area (Å²) in [5.74, 6) is 0. The maximum absolute atomic E-state index is 4.69. The van der Waals surface area contributed by atoms with Gasteiger partial charge in [0.15, 0.2) is 0 Å². The normalized spacial score (nSPS) is 6.00. The third kappa shape index (κ3) is 11.2. The molecule has 0 saturated heterocycles. The van der Waals surface area contributed by atoms with Gasteiger partial charge in [-0.25, -0.2) is 0 Å². The van der Waals surface area contributed by atoms with Crippen molar-refractivity contribution in [3.05, 3.63) is 0 Å². The molecule has 0 aromatic rings. The second-order valence-electron chi connectivity index (χ2n) is 0.398. The molecule has 0 spiro atoms. The van der Waals surface area contributed by atoms with Gasteiger partial charge in [-0.3, -0.25) is 4.29 Å². The number of rotatable bonds is 1. The Hall–Kier alpha value is 1.02. The summed E-state index contributed by atoms with van der Waals surface area (Å²) in [6.45, 7) is 2.41. The van der Waals surface area contributed by atoms with Gasteiger partial charge >= 0.3 is 23.1 Å². The maximum atomic E-state index is 4.69. The Balaban J connectivity index is 0. The fraction of sp³-hybridized carbons (Fsp3) is 1.00. The average Bonchev–Trinajstić information content (AvgIpc) is 1.37. The Morgan fingerprint density at radius 1 is 1.80 bits per heavy atom. The van der Waals surface area contributed by atoms with Crippen LogP contribution in [0.3, 0.4) is 0 Å². The molecule has 0 aromatic heterocycles. The zero-order valence-corrected chi connectivity index (χ0v) is 5.37. The standard InChI is InChI=1S/C2H5ClO.Mg/c1-2-4-3;/h2H2,1H3;/q;+2. The molecule has 0 aliphatic carbocycles. The van der Waals surface area contributed by atoms with E-state index >= 15 is 0 Å². The molecule has 0 rings (SSSR count). The Labute approximate surface area is 53.0 Å². The Morgan fingerprint density at radius 3 is 2.00 bits per heavy atom. The molecule has 1 nitrogen and oxygen atoms in total. The van der Waals surface area contributed by atoms with Crippen molar-refractivity contribution in [1.82, 2.24) is 0 Å². The summed E-state index contributed by atoms with van der Waals surface area (Å²) in [6.07, 6.45) is 0. The van der Waals surface area contributed by atoms with Crippen molar-refractivity contribution >= 4 is 34.9 Å². The molecule has 0 aliphatic heterocycles. The Kier molecular flexibility index (Phi) is 16.7. The van der Waals surface area contributed by atoms with Gasteiger partial charge in [0.1, 0.15) is 0 Å². The summed E-state index contributed by atoms with van der Waals surface area (Å²) in [4.78, 5) is 0. The summed E-state index contributed by atoms with van der Waals surface area (Å²) in [5.41, 5.74) is 0. The zero-order chi connectivity index (χ0) is 3.41. The molecule has 3 heteroatoms. The van der Waals surface area contributed by atoms with Crippen molar-refractivity contribution in [1.29, 1.82) is 0 Å². The average molecular weight is 105 g/mol. The van der Waals surface area contributed by atoms with E-state index < -0.39 is 0 Å². The van der Waals surface area contributed by atoms with Crippen LogP contribution in [0.5, 0.6) is 0 Å². The molecule has 5 heavy (non-hydrogen) atoms. The van der Waals surface area contributed by atoms with Crippen LogP contribution < -0.4 is 0 Å². The fourth-order valence-corrected chi connectivity index (χ4v) is 0. The minimum atomic E-state index is 0. The van der Waals surface area contributed by atoms with Crippen LogP contribution in [0.4, 0.5) is 0 Å². The van der Waals surface area contributed by atoms with E-state index in [4.69, 9.17) is 0 Å². The smallest absolute Gasteiger partial charge is 0.280 e. The van der Waals surface area contributed by atoms with Gasteiger partial charge in [0.05, 0.1) is 18.5 Å². The first-order valence-electron chi connectivity index (χ1n) is 1.15. The van der Waals surface area contributed by atoms with Gasteiger partial charge in [-0.2, -0.15) is 0 Å². The summed E-state index contributed by atoms with van der Waals surface area (Å²) in [6, 6.07) is 0. The van der Waals surface area contributed by atoms with Gasteiger partial charge in [0, 0.05) is 0 Å². The largest absolute Gasteiger partial charge is 2.00 e. The van der Waals surface area contributed by atoms with Crippen LogP contribution in [-0.2, 0) is 4.29 Å². The summed E-state index contributed by atoms with van der Waals surface area (Å²) in [5, 5.41) is 0. The number of hydrogen-bond acceptors (Lipinski definition) is 1. The summed E-state index contributed by atoms with van der Waals surface area (Å²) in [7, 11) is 0. The van der Waals surface area contributed by atoms with Crippen molar-refractivity contribution < 1.29 is 4.29 Å². The minimum absolute atomic E-state index is 0. The SMILES string of the molecule is CCOCl.[Mg+2]. The number of halogens is 1. The summed E-state index contributed by atoms with van der Waals surface area (Å²) < 4.78 is 4.01. The van der Waals surface area contributed by atoms with Crippen molar-refractivity contribution in [2.45, 2.75) is 6.92 Å². The predicted molar refractivity (Wildman–Crippen MR) is 23.2 cm³/mol. The van der Waals surface area contributed by atoms with Gasteiger partial charge in [0.25, 0.3) is 0 Å². The third-order valence-corrected chi connectivity index (χ3v) is 0.327. The van der Waals surface area contributed by atoms with E-state index in [9.17, 15) is 0 Å². The Bertz CT molecular complexity index is 11.6. The molecule has 0 fully saturated rings. The van der Waals surface area contributed by atoms with Crippen LogP contribution in [0.25, 0.3) is 0 Å². The molecular weight excluding hydrogens is 99.8 g/mol. The van der Waals surface area contributed by atoms with Crippen LogP contribution in [0.2, 0.25) is 0 Å².